The minimum absolute atomic E-state index is 0.752. The second-order valence-electron chi connectivity index (χ2n) is 6.03. The average molecular weight is 239 g/mol. The summed E-state index contributed by atoms with van der Waals surface area (Å²) < 4.78 is 0. The predicted octanol–water partition coefficient (Wildman–Crippen LogP) is 1.40. The van der Waals surface area contributed by atoms with E-state index in [1.54, 1.807) is 0 Å². The van der Waals surface area contributed by atoms with Gasteiger partial charge in [-0.15, -0.1) is 0 Å². The van der Waals surface area contributed by atoms with Gasteiger partial charge in [-0.1, -0.05) is 13.8 Å². The molecule has 1 N–H and O–H groups in total. The van der Waals surface area contributed by atoms with Crippen molar-refractivity contribution in [2.45, 2.75) is 45.2 Å². The zero-order valence-electron chi connectivity index (χ0n) is 11.8. The molecule has 2 aliphatic rings. The number of rotatable bonds is 4. The normalized spacial score (nSPS) is 36.5. The number of likely N-dealkylation sites (tertiary alicyclic amines) is 2. The van der Waals surface area contributed by atoms with Crippen LogP contribution in [0.4, 0.5) is 0 Å². The van der Waals surface area contributed by atoms with Gasteiger partial charge < -0.3 is 10.2 Å². The van der Waals surface area contributed by atoms with Gasteiger partial charge in [0.25, 0.3) is 0 Å². The van der Waals surface area contributed by atoms with Crippen LogP contribution in [-0.4, -0.2) is 61.7 Å². The topological polar surface area (TPSA) is 18.5 Å². The Morgan fingerprint density at radius 1 is 1.18 bits per heavy atom. The molecule has 0 aromatic heterocycles. The molecule has 0 bridgehead atoms. The Labute approximate surface area is 107 Å². The molecule has 2 rings (SSSR count). The molecule has 0 saturated carbocycles. The maximum Gasteiger partial charge on any atom is 0.0207 e. The predicted molar refractivity (Wildman–Crippen MR) is 73.3 cm³/mol. The van der Waals surface area contributed by atoms with Crippen molar-refractivity contribution in [2.75, 3.05) is 39.8 Å². The van der Waals surface area contributed by atoms with E-state index in [1.165, 1.54) is 52.0 Å². The summed E-state index contributed by atoms with van der Waals surface area (Å²) in [5.74, 6) is 0.832. The molecule has 2 saturated heterocycles. The average Bonchev–Trinajstić information content (AvgIpc) is 2.75. The molecule has 17 heavy (non-hydrogen) atoms. The molecule has 3 nitrogen and oxygen atoms in total. The molecule has 2 aliphatic heterocycles. The highest BCUT2D eigenvalue weighted by molar-refractivity contribution is 4.90. The van der Waals surface area contributed by atoms with Crippen LogP contribution in [0.3, 0.4) is 0 Å². The molecule has 2 fully saturated rings. The number of nitrogens with one attached hydrogen (secondary N) is 1. The first-order chi connectivity index (χ1) is 8.20. The summed E-state index contributed by atoms with van der Waals surface area (Å²) in [7, 11) is 2.25. The standard InChI is InChI=1S/C14H29N3/c1-4-7-15-13-5-9-17(11-13)14-6-8-16(3)10-12(14)2/h12-15H,4-11H2,1-3H3. The quantitative estimate of drug-likeness (QED) is 0.800. The third-order valence-corrected chi connectivity index (χ3v) is 4.43. The zero-order chi connectivity index (χ0) is 12.3. The molecule has 100 valence electrons. The third-order valence-electron chi connectivity index (χ3n) is 4.43. The lowest BCUT2D eigenvalue weighted by molar-refractivity contribution is 0.0911. The monoisotopic (exact) mass is 239 g/mol. The SMILES string of the molecule is CCCNC1CCN(C2CCN(C)CC2C)C1. The maximum absolute atomic E-state index is 3.67. The fourth-order valence-electron chi connectivity index (χ4n) is 3.49. The van der Waals surface area contributed by atoms with Gasteiger partial charge in [-0.3, -0.25) is 4.90 Å². The molecule has 0 spiro atoms. The zero-order valence-corrected chi connectivity index (χ0v) is 11.8. The highest BCUT2D eigenvalue weighted by Gasteiger charge is 2.33. The summed E-state index contributed by atoms with van der Waals surface area (Å²) in [5, 5.41) is 3.67. The van der Waals surface area contributed by atoms with Gasteiger partial charge in [-0.25, -0.2) is 0 Å². The van der Waals surface area contributed by atoms with Crippen LogP contribution in [0.15, 0.2) is 0 Å². The molecule has 0 aromatic carbocycles. The highest BCUT2D eigenvalue weighted by Crippen LogP contribution is 2.24. The van der Waals surface area contributed by atoms with E-state index in [9.17, 15) is 0 Å². The van der Waals surface area contributed by atoms with Gasteiger partial charge in [0.2, 0.25) is 0 Å². The van der Waals surface area contributed by atoms with E-state index in [0.717, 1.165) is 18.0 Å². The first kappa shape index (κ1) is 13.3. The number of hydrogen-bond donors (Lipinski definition) is 1. The molecular formula is C14H29N3. The summed E-state index contributed by atoms with van der Waals surface area (Å²) >= 11 is 0. The first-order valence-corrected chi connectivity index (χ1v) is 7.36. The summed E-state index contributed by atoms with van der Waals surface area (Å²) in [5.41, 5.74) is 0. The van der Waals surface area contributed by atoms with Crippen LogP contribution < -0.4 is 5.32 Å². The van der Waals surface area contributed by atoms with Crippen molar-refractivity contribution in [1.82, 2.24) is 15.1 Å². The molecule has 2 heterocycles. The molecule has 0 aliphatic carbocycles. The Balaban J connectivity index is 1.79. The van der Waals surface area contributed by atoms with Crippen LogP contribution in [0.25, 0.3) is 0 Å². The van der Waals surface area contributed by atoms with Crippen molar-refractivity contribution in [3.8, 4) is 0 Å². The van der Waals surface area contributed by atoms with Crippen LogP contribution in [0.1, 0.15) is 33.1 Å². The lowest BCUT2D eigenvalue weighted by Gasteiger charge is -2.40. The van der Waals surface area contributed by atoms with Crippen molar-refractivity contribution in [1.29, 1.82) is 0 Å². The van der Waals surface area contributed by atoms with E-state index in [1.807, 2.05) is 0 Å². The van der Waals surface area contributed by atoms with E-state index >= 15 is 0 Å². The second kappa shape index (κ2) is 6.17. The fraction of sp³-hybridized carbons (Fsp3) is 1.00. The van der Waals surface area contributed by atoms with Crippen LogP contribution in [0.2, 0.25) is 0 Å². The minimum atomic E-state index is 0.752. The van der Waals surface area contributed by atoms with Gasteiger partial charge in [0.05, 0.1) is 0 Å². The Bertz CT molecular complexity index is 232. The van der Waals surface area contributed by atoms with Crippen molar-refractivity contribution in [3.05, 3.63) is 0 Å². The van der Waals surface area contributed by atoms with Crippen LogP contribution in [0, 0.1) is 5.92 Å². The summed E-state index contributed by atoms with van der Waals surface area (Å²) in [4.78, 5) is 5.22. The summed E-state index contributed by atoms with van der Waals surface area (Å²) in [6.45, 7) is 11.0. The Kier molecular flexibility index (Phi) is 4.83. The van der Waals surface area contributed by atoms with Gasteiger partial charge in [-0.05, 0) is 45.3 Å². The van der Waals surface area contributed by atoms with Crippen molar-refractivity contribution in [2.24, 2.45) is 5.92 Å². The number of hydrogen-bond acceptors (Lipinski definition) is 3. The van der Waals surface area contributed by atoms with Crippen molar-refractivity contribution >= 4 is 0 Å². The lowest BCUT2D eigenvalue weighted by Crippen LogP contribution is -2.49. The number of piperidine rings is 1. The first-order valence-electron chi connectivity index (χ1n) is 7.36. The Hall–Kier alpha value is -0.120. The highest BCUT2D eigenvalue weighted by atomic mass is 15.2. The van der Waals surface area contributed by atoms with Crippen molar-refractivity contribution in [3.63, 3.8) is 0 Å². The minimum Gasteiger partial charge on any atom is -0.313 e. The lowest BCUT2D eigenvalue weighted by atomic mass is 9.93. The molecule has 0 amide bonds. The van der Waals surface area contributed by atoms with E-state index < -0.39 is 0 Å². The summed E-state index contributed by atoms with van der Waals surface area (Å²) in [6.07, 6.45) is 3.96. The van der Waals surface area contributed by atoms with Crippen LogP contribution >= 0.6 is 0 Å². The van der Waals surface area contributed by atoms with Crippen LogP contribution in [0.5, 0.6) is 0 Å². The third kappa shape index (κ3) is 3.43. The van der Waals surface area contributed by atoms with E-state index in [4.69, 9.17) is 0 Å². The van der Waals surface area contributed by atoms with Gasteiger partial charge >= 0.3 is 0 Å². The molecular weight excluding hydrogens is 210 g/mol. The molecule has 3 heteroatoms. The van der Waals surface area contributed by atoms with Gasteiger partial charge in [0.15, 0.2) is 0 Å². The Morgan fingerprint density at radius 2 is 2.00 bits per heavy atom. The fourth-order valence-corrected chi connectivity index (χ4v) is 3.49. The molecule has 3 atom stereocenters. The van der Waals surface area contributed by atoms with Crippen molar-refractivity contribution < 1.29 is 0 Å². The van der Waals surface area contributed by atoms with Gasteiger partial charge in [0, 0.05) is 31.7 Å². The molecule has 3 unspecified atom stereocenters. The van der Waals surface area contributed by atoms with E-state index in [2.05, 4.69) is 36.0 Å². The summed E-state index contributed by atoms with van der Waals surface area (Å²) in [6, 6.07) is 1.58. The largest absolute Gasteiger partial charge is 0.313 e. The molecule has 0 aromatic rings. The van der Waals surface area contributed by atoms with E-state index in [0.29, 0.717) is 0 Å². The Morgan fingerprint density at radius 3 is 2.71 bits per heavy atom. The smallest absolute Gasteiger partial charge is 0.0207 e. The maximum atomic E-state index is 3.67. The van der Waals surface area contributed by atoms with Crippen LogP contribution in [-0.2, 0) is 0 Å². The molecule has 0 radical (unpaired) electrons. The van der Waals surface area contributed by atoms with E-state index in [-0.39, 0.29) is 0 Å². The van der Waals surface area contributed by atoms with Gasteiger partial charge in [-0.2, -0.15) is 0 Å². The number of nitrogens with zero attached hydrogens (tertiary/aromatic N) is 2. The second-order valence-corrected chi connectivity index (χ2v) is 6.03. The van der Waals surface area contributed by atoms with Gasteiger partial charge in [0.1, 0.15) is 0 Å².